The van der Waals surface area contributed by atoms with Gasteiger partial charge in [0, 0.05) is 5.92 Å². The van der Waals surface area contributed by atoms with Gasteiger partial charge in [-0.3, -0.25) is 14.5 Å². The molecule has 3 rings (SSSR count). The second kappa shape index (κ2) is 6.99. The quantitative estimate of drug-likeness (QED) is 0.384. The van der Waals surface area contributed by atoms with Crippen LogP contribution in [0.1, 0.15) is 17.9 Å². The van der Waals surface area contributed by atoms with E-state index in [4.69, 9.17) is 39.5 Å². The molecule has 1 aromatic carbocycles. The molecule has 1 heterocycles. The summed E-state index contributed by atoms with van der Waals surface area (Å²) in [5.74, 6) is -2.13. The first kappa shape index (κ1) is 20.5. The van der Waals surface area contributed by atoms with Gasteiger partial charge in [0.15, 0.2) is 21.2 Å². The summed E-state index contributed by atoms with van der Waals surface area (Å²) in [6.45, 7) is 3.79. The second-order valence-corrected chi connectivity index (χ2v) is 8.42. The van der Waals surface area contributed by atoms with Crippen molar-refractivity contribution in [1.29, 1.82) is 0 Å². The molecule has 27 heavy (non-hydrogen) atoms. The Labute approximate surface area is 179 Å². The Balaban J connectivity index is 2.30. The predicted molar refractivity (Wildman–Crippen MR) is 108 cm³/mol. The van der Waals surface area contributed by atoms with Gasteiger partial charge in [0.05, 0.1) is 17.6 Å². The number of alkyl halides is 3. The van der Waals surface area contributed by atoms with Crippen molar-refractivity contribution in [3.8, 4) is 11.5 Å². The van der Waals surface area contributed by atoms with Crippen LogP contribution in [-0.4, -0.2) is 44.1 Å². The summed E-state index contributed by atoms with van der Waals surface area (Å²) < 4.78 is 5.16. The average molecular weight is 496 g/mol. The van der Waals surface area contributed by atoms with Crippen LogP contribution in [0.5, 0.6) is 11.5 Å². The van der Waals surface area contributed by atoms with Crippen molar-refractivity contribution in [2.45, 2.75) is 22.1 Å². The van der Waals surface area contributed by atoms with E-state index < -0.39 is 27.5 Å². The number of phenols is 1. The van der Waals surface area contributed by atoms with E-state index in [1.807, 2.05) is 0 Å². The van der Waals surface area contributed by atoms with Crippen molar-refractivity contribution in [3.05, 3.63) is 47.0 Å². The Morgan fingerprint density at radius 3 is 2.63 bits per heavy atom. The number of hydrogen-bond donors (Lipinski definition) is 1. The van der Waals surface area contributed by atoms with E-state index in [2.05, 4.69) is 22.5 Å². The second-order valence-electron chi connectivity index (χ2n) is 6.27. The summed E-state index contributed by atoms with van der Waals surface area (Å²) >= 11 is 22.9. The average Bonchev–Trinajstić information content (AvgIpc) is 2.80. The summed E-state index contributed by atoms with van der Waals surface area (Å²) in [5, 5.41) is 10.1. The lowest BCUT2D eigenvalue weighted by Gasteiger charge is -2.42. The molecule has 144 valence electrons. The lowest BCUT2D eigenvalue weighted by atomic mass is 9.68. The van der Waals surface area contributed by atoms with Gasteiger partial charge in [0.1, 0.15) is 0 Å². The highest BCUT2D eigenvalue weighted by molar-refractivity contribution is 9.09. The van der Waals surface area contributed by atoms with Crippen LogP contribution in [-0.2, 0) is 9.59 Å². The summed E-state index contributed by atoms with van der Waals surface area (Å²) in [4.78, 5) is 23.5. The van der Waals surface area contributed by atoms with E-state index in [0.717, 1.165) is 4.90 Å². The number of aromatic hydroxyl groups is 1. The highest BCUT2D eigenvalue weighted by Gasteiger charge is 2.72. The van der Waals surface area contributed by atoms with E-state index in [9.17, 15) is 14.7 Å². The van der Waals surface area contributed by atoms with Gasteiger partial charge in [0.2, 0.25) is 0 Å². The molecule has 0 spiro atoms. The molecule has 1 aliphatic carbocycles. The van der Waals surface area contributed by atoms with Gasteiger partial charge in [-0.05, 0) is 29.7 Å². The largest absolute Gasteiger partial charge is 0.503 e. The van der Waals surface area contributed by atoms with Crippen LogP contribution in [0.15, 0.2) is 36.4 Å². The summed E-state index contributed by atoms with van der Waals surface area (Å²) in [7, 11) is 1.37. The standard InChI is InChI=1S/C18H15BrCl3NO4/c1-3-9-4-5-17(21)15(25)23(8-19)16(26)18(17,22)13(9)10-6-11(20)14(24)12(7-10)27-2/h3-4,6-7,13,24H,1,5,8H2,2H3. The fourth-order valence-electron chi connectivity index (χ4n) is 3.67. The van der Waals surface area contributed by atoms with Crippen molar-refractivity contribution in [2.24, 2.45) is 0 Å². The number of carbonyl (C=O) groups is 2. The maximum Gasteiger partial charge on any atom is 0.254 e. The fraction of sp³-hybridized carbons (Fsp3) is 0.333. The monoisotopic (exact) mass is 493 g/mol. The molecular weight excluding hydrogens is 480 g/mol. The molecule has 1 aromatic rings. The minimum atomic E-state index is -1.79. The van der Waals surface area contributed by atoms with E-state index in [1.54, 1.807) is 12.2 Å². The number of nitrogens with zero attached hydrogens (tertiary/aromatic N) is 1. The number of fused-ring (bicyclic) bond motifs is 1. The number of halogens is 4. The first-order valence-electron chi connectivity index (χ1n) is 7.86. The minimum Gasteiger partial charge on any atom is -0.503 e. The SMILES string of the molecule is C=CC1=CCC2(Cl)C(=O)N(CBr)C(=O)C2(Cl)C1c1cc(Cl)c(O)c(OC)c1. The Kier molecular flexibility index (Phi) is 5.32. The number of amides is 2. The predicted octanol–water partition coefficient (Wildman–Crippen LogP) is 4.33. The van der Waals surface area contributed by atoms with Gasteiger partial charge < -0.3 is 9.84 Å². The summed E-state index contributed by atoms with van der Waals surface area (Å²) in [6, 6.07) is 2.99. The highest BCUT2D eigenvalue weighted by Crippen LogP contribution is 2.59. The molecule has 1 saturated heterocycles. The van der Waals surface area contributed by atoms with Crippen LogP contribution in [0.3, 0.4) is 0 Å². The molecule has 9 heteroatoms. The van der Waals surface area contributed by atoms with Crippen molar-refractivity contribution >= 4 is 62.5 Å². The smallest absolute Gasteiger partial charge is 0.254 e. The number of benzene rings is 1. The maximum absolute atomic E-state index is 13.1. The molecular formula is C18H15BrCl3NO4. The first-order valence-corrected chi connectivity index (χ1v) is 10.1. The van der Waals surface area contributed by atoms with Gasteiger partial charge in [-0.2, -0.15) is 0 Å². The van der Waals surface area contributed by atoms with Crippen molar-refractivity contribution in [2.75, 3.05) is 12.6 Å². The van der Waals surface area contributed by atoms with Crippen LogP contribution in [0.25, 0.3) is 0 Å². The normalized spacial score (nSPS) is 30.2. The van der Waals surface area contributed by atoms with E-state index in [0.29, 0.717) is 11.1 Å². The third-order valence-electron chi connectivity index (χ3n) is 5.03. The molecule has 0 radical (unpaired) electrons. The van der Waals surface area contributed by atoms with E-state index >= 15 is 0 Å². The molecule has 3 atom stereocenters. The molecule has 1 N–H and O–H groups in total. The van der Waals surface area contributed by atoms with Gasteiger partial charge in [0.25, 0.3) is 11.8 Å². The number of likely N-dealkylation sites (tertiary alicyclic amines) is 1. The van der Waals surface area contributed by atoms with Crippen LogP contribution in [0, 0.1) is 0 Å². The Morgan fingerprint density at radius 1 is 1.41 bits per heavy atom. The van der Waals surface area contributed by atoms with Crippen LogP contribution in [0.4, 0.5) is 0 Å². The number of phenolic OH excluding ortho intramolecular Hbond substituents is 1. The topological polar surface area (TPSA) is 66.8 Å². The zero-order valence-corrected chi connectivity index (χ0v) is 18.0. The third kappa shape index (κ3) is 2.64. The molecule has 0 aromatic heterocycles. The van der Waals surface area contributed by atoms with Gasteiger partial charge in [-0.25, -0.2) is 0 Å². The van der Waals surface area contributed by atoms with Crippen molar-refractivity contribution in [3.63, 3.8) is 0 Å². The number of ether oxygens (including phenoxy) is 1. The third-order valence-corrected chi connectivity index (χ3v) is 7.23. The number of methoxy groups -OCH3 is 1. The molecule has 1 fully saturated rings. The highest BCUT2D eigenvalue weighted by atomic mass is 79.9. The number of hydrogen-bond acceptors (Lipinski definition) is 4. The van der Waals surface area contributed by atoms with Crippen LogP contribution < -0.4 is 4.74 Å². The Morgan fingerprint density at radius 2 is 2.07 bits per heavy atom. The van der Waals surface area contributed by atoms with Crippen LogP contribution in [0.2, 0.25) is 5.02 Å². The molecule has 5 nitrogen and oxygen atoms in total. The maximum atomic E-state index is 13.1. The number of rotatable bonds is 4. The van der Waals surface area contributed by atoms with Gasteiger partial charge >= 0.3 is 0 Å². The first-order chi connectivity index (χ1) is 12.7. The minimum absolute atomic E-state index is 0.0212. The lowest BCUT2D eigenvalue weighted by molar-refractivity contribution is -0.138. The molecule has 2 amide bonds. The fourth-order valence-corrected chi connectivity index (χ4v) is 5.23. The Hall–Kier alpha value is -1.21. The molecule has 0 bridgehead atoms. The zero-order valence-electron chi connectivity index (χ0n) is 14.1. The zero-order chi connectivity index (χ0) is 20.1. The van der Waals surface area contributed by atoms with Crippen molar-refractivity contribution < 1.29 is 19.4 Å². The number of carbonyl (C=O) groups excluding carboxylic acids is 2. The Bertz CT molecular complexity index is 890. The lowest BCUT2D eigenvalue weighted by Crippen LogP contribution is -2.54. The number of allylic oxidation sites excluding steroid dienone is 3. The summed E-state index contributed by atoms with van der Waals surface area (Å²) in [6.07, 6.45) is 3.38. The van der Waals surface area contributed by atoms with Crippen molar-refractivity contribution in [1.82, 2.24) is 4.90 Å². The van der Waals surface area contributed by atoms with E-state index in [-0.39, 0.29) is 28.4 Å². The number of imide groups is 1. The van der Waals surface area contributed by atoms with Gasteiger partial charge in [-0.1, -0.05) is 46.3 Å². The molecule has 0 saturated carbocycles. The molecule has 2 aliphatic rings. The van der Waals surface area contributed by atoms with E-state index in [1.165, 1.54) is 19.2 Å². The summed E-state index contributed by atoms with van der Waals surface area (Å²) in [5.41, 5.74) is 1.07. The molecule has 3 unspecified atom stereocenters. The molecule has 1 aliphatic heterocycles. The van der Waals surface area contributed by atoms with Gasteiger partial charge in [-0.15, -0.1) is 23.2 Å². The van der Waals surface area contributed by atoms with Crippen LogP contribution >= 0.6 is 50.7 Å².